The van der Waals surface area contributed by atoms with Gasteiger partial charge in [-0.15, -0.1) is 0 Å². The first-order chi connectivity index (χ1) is 10.3. The first kappa shape index (κ1) is 15.1. The van der Waals surface area contributed by atoms with Crippen LogP contribution in [0.15, 0.2) is 24.3 Å². The Morgan fingerprint density at radius 2 is 1.90 bits per heavy atom. The SMILES string of the molecule is CCC1CCC(N(C)CC2NCCc3ccccc32)CC1. The van der Waals surface area contributed by atoms with Gasteiger partial charge in [-0.3, -0.25) is 0 Å². The van der Waals surface area contributed by atoms with Crippen LogP contribution in [-0.4, -0.2) is 31.1 Å². The lowest BCUT2D eigenvalue weighted by atomic mass is 9.83. The number of nitrogens with one attached hydrogen (secondary N) is 1. The highest BCUT2D eigenvalue weighted by Gasteiger charge is 2.26. The van der Waals surface area contributed by atoms with Gasteiger partial charge in [-0.2, -0.15) is 0 Å². The molecule has 116 valence electrons. The molecule has 1 atom stereocenters. The molecule has 1 unspecified atom stereocenters. The van der Waals surface area contributed by atoms with Gasteiger partial charge in [0.15, 0.2) is 0 Å². The maximum absolute atomic E-state index is 3.72. The van der Waals surface area contributed by atoms with Crippen molar-refractivity contribution in [2.75, 3.05) is 20.1 Å². The largest absolute Gasteiger partial charge is 0.309 e. The molecule has 0 radical (unpaired) electrons. The van der Waals surface area contributed by atoms with Crippen molar-refractivity contribution in [1.29, 1.82) is 0 Å². The van der Waals surface area contributed by atoms with Crippen LogP contribution < -0.4 is 5.32 Å². The van der Waals surface area contributed by atoms with E-state index in [1.807, 2.05) is 0 Å². The molecule has 1 saturated carbocycles. The van der Waals surface area contributed by atoms with Crippen LogP contribution in [0.3, 0.4) is 0 Å². The van der Waals surface area contributed by atoms with Crippen LogP contribution in [0.1, 0.15) is 56.2 Å². The third-order valence-electron chi connectivity index (χ3n) is 5.70. The van der Waals surface area contributed by atoms with Crippen molar-refractivity contribution in [1.82, 2.24) is 10.2 Å². The molecule has 0 saturated heterocycles. The van der Waals surface area contributed by atoms with Crippen molar-refractivity contribution in [2.24, 2.45) is 5.92 Å². The molecule has 0 amide bonds. The minimum atomic E-state index is 0.517. The molecule has 0 bridgehead atoms. The number of fused-ring (bicyclic) bond motifs is 1. The van der Waals surface area contributed by atoms with E-state index in [9.17, 15) is 0 Å². The topological polar surface area (TPSA) is 15.3 Å². The lowest BCUT2D eigenvalue weighted by Crippen LogP contribution is -2.42. The Kier molecular flexibility index (Phi) is 4.97. The smallest absolute Gasteiger partial charge is 0.0452 e. The Labute approximate surface area is 129 Å². The maximum atomic E-state index is 3.72. The first-order valence-electron chi connectivity index (χ1n) is 8.79. The quantitative estimate of drug-likeness (QED) is 0.906. The van der Waals surface area contributed by atoms with Crippen molar-refractivity contribution in [3.63, 3.8) is 0 Å². The molecule has 1 N–H and O–H groups in total. The summed E-state index contributed by atoms with van der Waals surface area (Å²) in [4.78, 5) is 2.62. The summed E-state index contributed by atoms with van der Waals surface area (Å²) in [5.74, 6) is 0.989. The molecule has 2 nitrogen and oxygen atoms in total. The molecule has 2 heteroatoms. The van der Waals surface area contributed by atoms with Crippen LogP contribution in [-0.2, 0) is 6.42 Å². The number of nitrogens with zero attached hydrogens (tertiary/aromatic N) is 1. The lowest BCUT2D eigenvalue weighted by molar-refractivity contribution is 0.149. The van der Waals surface area contributed by atoms with Crippen molar-refractivity contribution >= 4 is 0 Å². The maximum Gasteiger partial charge on any atom is 0.0452 e. The zero-order valence-corrected chi connectivity index (χ0v) is 13.6. The Balaban J connectivity index is 1.60. The summed E-state index contributed by atoms with van der Waals surface area (Å²) in [5, 5.41) is 3.72. The molecule has 21 heavy (non-hydrogen) atoms. The second-order valence-corrected chi connectivity index (χ2v) is 6.98. The van der Waals surface area contributed by atoms with Crippen molar-refractivity contribution < 1.29 is 0 Å². The van der Waals surface area contributed by atoms with Crippen LogP contribution in [0.25, 0.3) is 0 Å². The normalized spacial score (nSPS) is 29.4. The van der Waals surface area contributed by atoms with Gasteiger partial charge in [0.25, 0.3) is 0 Å². The summed E-state index contributed by atoms with van der Waals surface area (Å²) in [7, 11) is 2.33. The zero-order chi connectivity index (χ0) is 14.7. The highest BCUT2D eigenvalue weighted by molar-refractivity contribution is 5.32. The number of benzene rings is 1. The minimum Gasteiger partial charge on any atom is -0.309 e. The third-order valence-corrected chi connectivity index (χ3v) is 5.70. The van der Waals surface area contributed by atoms with Gasteiger partial charge < -0.3 is 10.2 Å². The van der Waals surface area contributed by atoms with Crippen molar-refractivity contribution in [3.8, 4) is 0 Å². The minimum absolute atomic E-state index is 0.517. The van der Waals surface area contributed by atoms with E-state index in [1.165, 1.54) is 44.1 Å². The number of hydrogen-bond acceptors (Lipinski definition) is 2. The van der Waals surface area contributed by atoms with E-state index in [2.05, 4.69) is 48.5 Å². The molecule has 0 aromatic heterocycles. The molecule has 1 aliphatic heterocycles. The molecule has 1 heterocycles. The van der Waals surface area contributed by atoms with E-state index in [4.69, 9.17) is 0 Å². The predicted octanol–water partition coefficient (Wildman–Crippen LogP) is 3.77. The summed E-state index contributed by atoms with van der Waals surface area (Å²) in [5.41, 5.74) is 3.07. The second-order valence-electron chi connectivity index (χ2n) is 6.98. The van der Waals surface area contributed by atoms with Crippen LogP contribution in [0.5, 0.6) is 0 Å². The van der Waals surface area contributed by atoms with Gasteiger partial charge in [-0.05, 0) is 62.7 Å². The molecule has 2 aliphatic rings. The van der Waals surface area contributed by atoms with Crippen molar-refractivity contribution in [2.45, 2.75) is 57.5 Å². The van der Waals surface area contributed by atoms with Gasteiger partial charge in [0.05, 0.1) is 0 Å². The lowest BCUT2D eigenvalue weighted by Gasteiger charge is -2.37. The molecular formula is C19H30N2. The summed E-state index contributed by atoms with van der Waals surface area (Å²) >= 11 is 0. The van der Waals surface area contributed by atoms with Crippen molar-refractivity contribution in [3.05, 3.63) is 35.4 Å². The van der Waals surface area contributed by atoms with Gasteiger partial charge in [0.1, 0.15) is 0 Å². The predicted molar refractivity (Wildman–Crippen MR) is 89.6 cm³/mol. The van der Waals surface area contributed by atoms with E-state index in [1.54, 1.807) is 5.56 Å². The van der Waals surface area contributed by atoms with Gasteiger partial charge >= 0.3 is 0 Å². The van der Waals surface area contributed by atoms with Crippen LogP contribution in [0, 0.1) is 5.92 Å². The molecule has 1 aliphatic carbocycles. The average Bonchev–Trinajstić information content (AvgIpc) is 2.55. The molecule has 1 aromatic rings. The monoisotopic (exact) mass is 286 g/mol. The van der Waals surface area contributed by atoms with Gasteiger partial charge in [0, 0.05) is 18.6 Å². The average molecular weight is 286 g/mol. The second kappa shape index (κ2) is 6.93. The van der Waals surface area contributed by atoms with Gasteiger partial charge in [-0.25, -0.2) is 0 Å². The standard InChI is InChI=1S/C19H30N2/c1-3-15-8-10-17(11-9-15)21(2)14-19-18-7-5-4-6-16(18)12-13-20-19/h4-7,15,17,19-20H,3,8-14H2,1-2H3. The van der Waals surface area contributed by atoms with E-state index in [0.29, 0.717) is 6.04 Å². The van der Waals surface area contributed by atoms with E-state index in [-0.39, 0.29) is 0 Å². The van der Waals surface area contributed by atoms with Gasteiger partial charge in [0.2, 0.25) is 0 Å². The van der Waals surface area contributed by atoms with E-state index in [0.717, 1.165) is 25.0 Å². The number of hydrogen-bond donors (Lipinski definition) is 1. The Morgan fingerprint density at radius 1 is 1.14 bits per heavy atom. The molecular weight excluding hydrogens is 256 g/mol. The van der Waals surface area contributed by atoms with Crippen LogP contribution in [0.2, 0.25) is 0 Å². The van der Waals surface area contributed by atoms with E-state index >= 15 is 0 Å². The first-order valence-corrected chi connectivity index (χ1v) is 8.79. The Bertz CT molecular complexity index is 449. The number of likely N-dealkylation sites (N-methyl/N-ethyl adjacent to an activating group) is 1. The number of rotatable bonds is 4. The summed E-state index contributed by atoms with van der Waals surface area (Å²) in [6.07, 6.45) is 8.19. The van der Waals surface area contributed by atoms with E-state index < -0.39 is 0 Å². The Hall–Kier alpha value is -0.860. The fourth-order valence-electron chi connectivity index (χ4n) is 4.19. The summed E-state index contributed by atoms with van der Waals surface area (Å²) in [6.45, 7) is 4.62. The molecule has 1 aromatic carbocycles. The fraction of sp³-hybridized carbons (Fsp3) is 0.684. The van der Waals surface area contributed by atoms with Gasteiger partial charge in [-0.1, -0.05) is 37.6 Å². The zero-order valence-electron chi connectivity index (χ0n) is 13.6. The highest BCUT2D eigenvalue weighted by atomic mass is 15.2. The van der Waals surface area contributed by atoms with Crippen LogP contribution in [0.4, 0.5) is 0 Å². The Morgan fingerprint density at radius 3 is 2.67 bits per heavy atom. The molecule has 3 rings (SSSR count). The third kappa shape index (κ3) is 3.49. The highest BCUT2D eigenvalue weighted by Crippen LogP contribution is 2.30. The fourth-order valence-corrected chi connectivity index (χ4v) is 4.19. The van der Waals surface area contributed by atoms with Crippen LogP contribution >= 0.6 is 0 Å². The molecule has 1 fully saturated rings. The molecule has 0 spiro atoms. The summed E-state index contributed by atoms with van der Waals surface area (Å²) < 4.78 is 0. The summed E-state index contributed by atoms with van der Waals surface area (Å²) in [6, 6.07) is 10.3.